The maximum Gasteiger partial charge on any atom is 0.417 e. The minimum Gasteiger partial charge on any atom is -0.493 e. The highest BCUT2D eigenvalue weighted by molar-refractivity contribution is 6.31. The van der Waals surface area contributed by atoms with E-state index in [0.29, 0.717) is 17.1 Å². The molecule has 0 aliphatic rings. The zero-order valence-corrected chi connectivity index (χ0v) is 17.7. The van der Waals surface area contributed by atoms with Gasteiger partial charge in [0, 0.05) is 18.8 Å². The van der Waals surface area contributed by atoms with Crippen LogP contribution in [0.4, 0.5) is 18.9 Å². The monoisotopic (exact) mass is 456 g/mol. The van der Waals surface area contributed by atoms with Crippen molar-refractivity contribution in [3.63, 3.8) is 0 Å². The number of hydrogen-bond donors (Lipinski definition) is 1. The van der Waals surface area contributed by atoms with Gasteiger partial charge in [0.1, 0.15) is 0 Å². The lowest BCUT2D eigenvalue weighted by Crippen LogP contribution is -2.33. The van der Waals surface area contributed by atoms with Crippen LogP contribution >= 0.6 is 11.6 Å². The summed E-state index contributed by atoms with van der Waals surface area (Å²) in [6.45, 7) is -0.362. The summed E-state index contributed by atoms with van der Waals surface area (Å²) in [5, 5.41) is 1.85. The highest BCUT2D eigenvalue weighted by Gasteiger charge is 2.33. The number of carbonyl (C=O) groups excluding carboxylic acids is 2. The molecular weight excluding hydrogens is 437 g/mol. The number of halogens is 4. The lowest BCUT2D eigenvalue weighted by Gasteiger charge is -2.16. The Morgan fingerprint density at radius 1 is 1.10 bits per heavy atom. The molecule has 2 amide bonds. The molecule has 1 N–H and O–H groups in total. The van der Waals surface area contributed by atoms with Crippen molar-refractivity contribution in [2.75, 3.05) is 33.1 Å². The van der Waals surface area contributed by atoms with Gasteiger partial charge in [-0.2, -0.15) is 13.2 Å². The molecule has 10 heteroatoms. The maximum absolute atomic E-state index is 12.9. The normalized spacial score (nSPS) is 11.3. The Morgan fingerprint density at radius 3 is 2.39 bits per heavy atom. The number of ether oxygens (including phenoxy) is 2. The summed E-state index contributed by atoms with van der Waals surface area (Å²) in [5.74, 6) is -0.107. The fourth-order valence-electron chi connectivity index (χ4n) is 2.57. The second kappa shape index (κ2) is 10.2. The molecular formula is C21H20ClF3N2O4. The maximum atomic E-state index is 12.9. The minimum absolute atomic E-state index is 0.0801. The molecule has 0 fully saturated rings. The summed E-state index contributed by atoms with van der Waals surface area (Å²) < 4.78 is 49.1. The van der Waals surface area contributed by atoms with Crippen LogP contribution in [0.15, 0.2) is 42.5 Å². The van der Waals surface area contributed by atoms with Gasteiger partial charge in [-0.1, -0.05) is 17.7 Å². The van der Waals surface area contributed by atoms with Crippen LogP contribution in [0.1, 0.15) is 11.1 Å². The first-order valence-electron chi connectivity index (χ1n) is 8.87. The predicted molar refractivity (Wildman–Crippen MR) is 111 cm³/mol. The van der Waals surface area contributed by atoms with Gasteiger partial charge in [0.25, 0.3) is 0 Å². The Balaban J connectivity index is 2.00. The summed E-state index contributed by atoms with van der Waals surface area (Å²) >= 11 is 5.56. The van der Waals surface area contributed by atoms with E-state index in [1.165, 1.54) is 39.5 Å². The molecule has 31 heavy (non-hydrogen) atoms. The molecule has 6 nitrogen and oxygen atoms in total. The van der Waals surface area contributed by atoms with Gasteiger partial charge in [0.05, 0.1) is 31.4 Å². The van der Waals surface area contributed by atoms with E-state index in [-0.39, 0.29) is 12.2 Å². The number of nitrogens with one attached hydrogen (secondary N) is 1. The van der Waals surface area contributed by atoms with Gasteiger partial charge in [-0.15, -0.1) is 0 Å². The third-order valence-electron chi connectivity index (χ3n) is 4.14. The molecule has 166 valence electrons. The Morgan fingerprint density at radius 2 is 1.77 bits per heavy atom. The lowest BCUT2D eigenvalue weighted by atomic mass is 10.2. The largest absolute Gasteiger partial charge is 0.493 e. The van der Waals surface area contributed by atoms with E-state index in [4.69, 9.17) is 21.1 Å². The van der Waals surface area contributed by atoms with Crippen molar-refractivity contribution in [3.05, 3.63) is 58.6 Å². The molecule has 0 spiro atoms. The standard InChI is InChI=1S/C21H20ClF3N2O4/c1-27(20(29)9-5-13-4-8-17(30-2)18(10-13)31-3)12-19(28)26-14-6-7-16(22)15(11-14)21(23,24)25/h4-11H,12H2,1-3H3,(H,26,28)/b9-5+. The molecule has 0 aliphatic heterocycles. The van der Waals surface area contributed by atoms with Crippen molar-refractivity contribution in [2.45, 2.75) is 6.18 Å². The number of methoxy groups -OCH3 is 2. The molecule has 0 aromatic heterocycles. The van der Waals surface area contributed by atoms with Crippen LogP contribution in [-0.2, 0) is 15.8 Å². The van der Waals surface area contributed by atoms with Crippen molar-refractivity contribution >= 4 is 35.2 Å². The summed E-state index contributed by atoms with van der Waals surface area (Å²) in [5.41, 5.74) is -0.470. The quantitative estimate of drug-likeness (QED) is 0.623. The SMILES string of the molecule is COc1ccc(/C=C/C(=O)N(C)CC(=O)Nc2ccc(Cl)c(C(F)(F)F)c2)cc1OC. The number of amides is 2. The number of likely N-dealkylation sites (N-methyl/N-ethyl adjacent to an activating group) is 1. The molecule has 0 bridgehead atoms. The average Bonchev–Trinajstić information content (AvgIpc) is 2.72. The summed E-state index contributed by atoms with van der Waals surface area (Å²) in [4.78, 5) is 25.5. The molecule has 0 unspecified atom stereocenters. The van der Waals surface area contributed by atoms with Gasteiger partial charge in [0.15, 0.2) is 11.5 Å². The van der Waals surface area contributed by atoms with E-state index in [0.717, 1.165) is 17.0 Å². The number of hydrogen-bond acceptors (Lipinski definition) is 4. The summed E-state index contributed by atoms with van der Waals surface area (Å²) in [7, 11) is 4.38. The minimum atomic E-state index is -4.65. The number of nitrogens with zero attached hydrogens (tertiary/aromatic N) is 1. The molecule has 2 rings (SSSR count). The third-order valence-corrected chi connectivity index (χ3v) is 4.47. The second-order valence-electron chi connectivity index (χ2n) is 6.38. The highest BCUT2D eigenvalue weighted by atomic mass is 35.5. The van der Waals surface area contributed by atoms with Gasteiger partial charge in [0.2, 0.25) is 11.8 Å². The molecule has 0 saturated carbocycles. The van der Waals surface area contributed by atoms with Gasteiger partial charge >= 0.3 is 6.18 Å². The number of alkyl halides is 3. The Labute approximate surface area is 182 Å². The van der Waals surface area contributed by atoms with Crippen LogP contribution in [0.25, 0.3) is 6.08 Å². The number of carbonyl (C=O) groups is 2. The number of anilines is 1. The third kappa shape index (κ3) is 6.65. The van der Waals surface area contributed by atoms with Crippen molar-refractivity contribution in [3.8, 4) is 11.5 Å². The molecule has 0 aliphatic carbocycles. The first-order chi connectivity index (χ1) is 14.5. The van der Waals surface area contributed by atoms with Crippen LogP contribution in [-0.4, -0.2) is 44.5 Å². The Bertz CT molecular complexity index is 993. The Hall–Kier alpha value is -3.20. The van der Waals surface area contributed by atoms with Gasteiger partial charge in [-0.3, -0.25) is 9.59 Å². The van der Waals surface area contributed by atoms with Crippen LogP contribution in [0.2, 0.25) is 5.02 Å². The van der Waals surface area contributed by atoms with Crippen LogP contribution in [0.5, 0.6) is 11.5 Å². The van der Waals surface area contributed by atoms with Gasteiger partial charge in [-0.05, 0) is 42.0 Å². The van der Waals surface area contributed by atoms with Crippen LogP contribution in [0.3, 0.4) is 0 Å². The van der Waals surface area contributed by atoms with E-state index in [2.05, 4.69) is 5.32 Å². The highest BCUT2D eigenvalue weighted by Crippen LogP contribution is 2.36. The zero-order chi connectivity index (χ0) is 23.2. The smallest absolute Gasteiger partial charge is 0.417 e. The predicted octanol–water partition coefficient (Wildman–Crippen LogP) is 4.49. The fraction of sp³-hybridized carbons (Fsp3) is 0.238. The van der Waals surface area contributed by atoms with Gasteiger partial charge in [-0.25, -0.2) is 0 Å². The van der Waals surface area contributed by atoms with Crippen molar-refractivity contribution < 1.29 is 32.2 Å². The van der Waals surface area contributed by atoms with Crippen molar-refractivity contribution in [1.82, 2.24) is 4.90 Å². The summed E-state index contributed by atoms with van der Waals surface area (Å²) in [6.07, 6.45) is -1.86. The van der Waals surface area contributed by atoms with E-state index < -0.39 is 28.6 Å². The molecule has 2 aromatic rings. The molecule has 2 aromatic carbocycles. The zero-order valence-electron chi connectivity index (χ0n) is 16.9. The van der Waals surface area contributed by atoms with Crippen LogP contribution in [0, 0.1) is 0 Å². The van der Waals surface area contributed by atoms with Gasteiger partial charge < -0.3 is 19.7 Å². The topological polar surface area (TPSA) is 67.9 Å². The number of rotatable bonds is 7. The fourth-order valence-corrected chi connectivity index (χ4v) is 2.79. The lowest BCUT2D eigenvalue weighted by molar-refractivity contribution is -0.137. The van der Waals surface area contributed by atoms with E-state index >= 15 is 0 Å². The van der Waals surface area contributed by atoms with E-state index in [9.17, 15) is 22.8 Å². The van der Waals surface area contributed by atoms with E-state index in [1.807, 2.05) is 0 Å². The number of benzene rings is 2. The summed E-state index contributed by atoms with van der Waals surface area (Å²) in [6, 6.07) is 8.10. The van der Waals surface area contributed by atoms with Crippen molar-refractivity contribution in [1.29, 1.82) is 0 Å². The average molecular weight is 457 g/mol. The van der Waals surface area contributed by atoms with E-state index in [1.54, 1.807) is 18.2 Å². The molecule has 0 radical (unpaired) electrons. The molecule has 0 heterocycles. The molecule has 0 saturated heterocycles. The van der Waals surface area contributed by atoms with Crippen LogP contribution < -0.4 is 14.8 Å². The Kier molecular flexibility index (Phi) is 7.93. The second-order valence-corrected chi connectivity index (χ2v) is 6.79. The van der Waals surface area contributed by atoms with Crippen molar-refractivity contribution in [2.24, 2.45) is 0 Å². The first-order valence-corrected chi connectivity index (χ1v) is 9.24. The first kappa shape index (κ1) is 24.1. The molecule has 0 atom stereocenters.